The molecular formula is C15H15NO4S. The van der Waals surface area contributed by atoms with Crippen LogP contribution < -0.4 is 10.1 Å². The summed E-state index contributed by atoms with van der Waals surface area (Å²) in [5, 5.41) is 4.53. The third kappa shape index (κ3) is 4.92. The van der Waals surface area contributed by atoms with Crippen LogP contribution in [-0.2, 0) is 20.7 Å². The molecule has 0 aliphatic carbocycles. The number of esters is 1. The van der Waals surface area contributed by atoms with Gasteiger partial charge in [-0.25, -0.2) is 0 Å². The molecule has 0 radical (unpaired) electrons. The van der Waals surface area contributed by atoms with E-state index >= 15 is 0 Å². The molecule has 1 amide bonds. The van der Waals surface area contributed by atoms with Crippen LogP contribution in [0.25, 0.3) is 0 Å². The third-order valence-electron chi connectivity index (χ3n) is 2.64. The van der Waals surface area contributed by atoms with Gasteiger partial charge in [0.2, 0.25) is 0 Å². The average Bonchev–Trinajstić information content (AvgIpc) is 2.99. The second-order valence-electron chi connectivity index (χ2n) is 4.19. The van der Waals surface area contributed by atoms with E-state index in [0.717, 1.165) is 4.88 Å². The molecule has 1 N–H and O–H groups in total. The second kappa shape index (κ2) is 7.44. The molecule has 0 aliphatic rings. The molecule has 21 heavy (non-hydrogen) atoms. The molecule has 6 heteroatoms. The Hall–Kier alpha value is -2.34. The first-order chi connectivity index (χ1) is 10.2. The Morgan fingerprint density at radius 2 is 1.95 bits per heavy atom. The van der Waals surface area contributed by atoms with Crippen molar-refractivity contribution in [2.45, 2.75) is 6.42 Å². The van der Waals surface area contributed by atoms with Crippen molar-refractivity contribution in [2.24, 2.45) is 0 Å². The van der Waals surface area contributed by atoms with E-state index in [0.29, 0.717) is 11.4 Å². The number of nitrogens with one attached hydrogen (secondary N) is 1. The molecule has 0 saturated carbocycles. The van der Waals surface area contributed by atoms with E-state index in [-0.39, 0.29) is 18.9 Å². The number of amides is 1. The van der Waals surface area contributed by atoms with Crippen LogP contribution in [0.15, 0.2) is 41.8 Å². The first kappa shape index (κ1) is 15.1. The number of carbonyl (C=O) groups is 2. The van der Waals surface area contributed by atoms with Gasteiger partial charge in [-0.3, -0.25) is 9.59 Å². The van der Waals surface area contributed by atoms with Gasteiger partial charge in [-0.05, 0) is 35.7 Å². The summed E-state index contributed by atoms with van der Waals surface area (Å²) in [6.45, 7) is -0.295. The molecule has 0 atom stereocenters. The summed E-state index contributed by atoms with van der Waals surface area (Å²) in [6.07, 6.45) is 0.188. The van der Waals surface area contributed by atoms with Gasteiger partial charge >= 0.3 is 5.97 Å². The molecule has 0 spiro atoms. The summed E-state index contributed by atoms with van der Waals surface area (Å²) < 4.78 is 9.95. The first-order valence-electron chi connectivity index (χ1n) is 6.29. The molecule has 1 aromatic carbocycles. The van der Waals surface area contributed by atoms with Gasteiger partial charge in [-0.2, -0.15) is 0 Å². The standard InChI is InChI=1S/C15H15NO4S/c1-19-12-6-4-11(5-7-12)16-14(17)10-20-15(18)9-13-3-2-8-21-13/h2-8H,9-10H2,1H3,(H,16,17). The van der Waals surface area contributed by atoms with Crippen molar-refractivity contribution in [3.63, 3.8) is 0 Å². The van der Waals surface area contributed by atoms with E-state index in [9.17, 15) is 9.59 Å². The first-order valence-corrected chi connectivity index (χ1v) is 7.17. The lowest BCUT2D eigenvalue weighted by molar-refractivity contribution is -0.146. The quantitative estimate of drug-likeness (QED) is 0.833. The largest absolute Gasteiger partial charge is 0.497 e. The van der Waals surface area contributed by atoms with Crippen LogP contribution in [0.5, 0.6) is 5.75 Å². The number of ether oxygens (including phenoxy) is 2. The molecule has 2 rings (SSSR count). The molecule has 1 aromatic heterocycles. The molecule has 0 saturated heterocycles. The van der Waals surface area contributed by atoms with Crippen LogP contribution in [0.3, 0.4) is 0 Å². The van der Waals surface area contributed by atoms with Gasteiger partial charge in [0.1, 0.15) is 5.75 Å². The van der Waals surface area contributed by atoms with E-state index < -0.39 is 5.97 Å². The molecule has 5 nitrogen and oxygen atoms in total. The number of thiophene rings is 1. The Balaban J connectivity index is 1.75. The molecule has 1 heterocycles. The van der Waals surface area contributed by atoms with Gasteiger partial charge in [0.25, 0.3) is 5.91 Å². The Kier molecular flexibility index (Phi) is 5.34. The number of carbonyl (C=O) groups excluding carboxylic acids is 2. The smallest absolute Gasteiger partial charge is 0.311 e. The van der Waals surface area contributed by atoms with Crippen molar-refractivity contribution in [3.8, 4) is 5.75 Å². The lowest BCUT2D eigenvalue weighted by Crippen LogP contribution is -2.21. The van der Waals surface area contributed by atoms with Crippen LogP contribution in [0, 0.1) is 0 Å². The summed E-state index contributed by atoms with van der Waals surface area (Å²) in [6, 6.07) is 10.6. The summed E-state index contributed by atoms with van der Waals surface area (Å²) in [5.41, 5.74) is 0.620. The fraction of sp³-hybridized carbons (Fsp3) is 0.200. The maximum atomic E-state index is 11.7. The van der Waals surface area contributed by atoms with Crippen LogP contribution in [0.4, 0.5) is 5.69 Å². The van der Waals surface area contributed by atoms with Crippen LogP contribution in [-0.4, -0.2) is 25.6 Å². The SMILES string of the molecule is COc1ccc(NC(=O)COC(=O)Cc2cccs2)cc1. The van der Waals surface area contributed by atoms with E-state index in [2.05, 4.69) is 5.32 Å². The maximum Gasteiger partial charge on any atom is 0.311 e. The Morgan fingerprint density at radius 1 is 1.19 bits per heavy atom. The highest BCUT2D eigenvalue weighted by atomic mass is 32.1. The minimum atomic E-state index is -0.415. The zero-order chi connectivity index (χ0) is 15.1. The van der Waals surface area contributed by atoms with Crippen molar-refractivity contribution in [1.82, 2.24) is 0 Å². The zero-order valence-electron chi connectivity index (χ0n) is 11.5. The highest BCUT2D eigenvalue weighted by molar-refractivity contribution is 7.10. The fourth-order valence-corrected chi connectivity index (χ4v) is 2.31. The normalized spacial score (nSPS) is 9.95. The van der Waals surface area contributed by atoms with E-state index in [1.54, 1.807) is 31.4 Å². The van der Waals surface area contributed by atoms with Gasteiger partial charge in [0, 0.05) is 10.6 Å². The molecule has 0 aliphatic heterocycles. The average molecular weight is 305 g/mol. The highest BCUT2D eigenvalue weighted by Gasteiger charge is 2.09. The summed E-state index contributed by atoms with van der Waals surface area (Å²) >= 11 is 1.48. The third-order valence-corrected chi connectivity index (χ3v) is 3.51. The summed E-state index contributed by atoms with van der Waals surface area (Å²) in [5.74, 6) is -0.0857. The predicted octanol–water partition coefficient (Wildman–Crippen LogP) is 2.48. The Bertz CT molecular complexity index is 593. The van der Waals surface area contributed by atoms with Crippen LogP contribution in [0.1, 0.15) is 4.88 Å². The van der Waals surface area contributed by atoms with E-state index in [1.165, 1.54) is 11.3 Å². The minimum absolute atomic E-state index is 0.188. The van der Waals surface area contributed by atoms with Crippen LogP contribution >= 0.6 is 11.3 Å². The number of anilines is 1. The van der Waals surface area contributed by atoms with Crippen LogP contribution in [0.2, 0.25) is 0 Å². The van der Waals surface area contributed by atoms with Crippen molar-refractivity contribution in [3.05, 3.63) is 46.7 Å². The summed E-state index contributed by atoms with van der Waals surface area (Å²) in [4.78, 5) is 24.1. The van der Waals surface area contributed by atoms with Crippen molar-refractivity contribution in [2.75, 3.05) is 19.0 Å². The molecular weight excluding hydrogens is 290 g/mol. The number of methoxy groups -OCH3 is 1. The minimum Gasteiger partial charge on any atom is -0.497 e. The van der Waals surface area contributed by atoms with Crippen molar-refractivity contribution in [1.29, 1.82) is 0 Å². The monoisotopic (exact) mass is 305 g/mol. The fourth-order valence-electron chi connectivity index (χ4n) is 1.62. The van der Waals surface area contributed by atoms with Gasteiger partial charge in [0.05, 0.1) is 13.5 Å². The second-order valence-corrected chi connectivity index (χ2v) is 5.23. The number of hydrogen-bond acceptors (Lipinski definition) is 5. The lowest BCUT2D eigenvalue weighted by atomic mass is 10.3. The van der Waals surface area contributed by atoms with E-state index in [4.69, 9.17) is 9.47 Å². The van der Waals surface area contributed by atoms with Crippen molar-refractivity contribution >= 4 is 28.9 Å². The van der Waals surface area contributed by atoms with Gasteiger partial charge in [-0.1, -0.05) is 6.07 Å². The van der Waals surface area contributed by atoms with Gasteiger partial charge in [0.15, 0.2) is 6.61 Å². The number of benzene rings is 1. The Labute approximate surface area is 126 Å². The number of rotatable bonds is 6. The molecule has 110 valence electrons. The molecule has 2 aromatic rings. The zero-order valence-corrected chi connectivity index (χ0v) is 12.3. The Morgan fingerprint density at radius 3 is 2.57 bits per heavy atom. The molecule has 0 bridgehead atoms. The van der Waals surface area contributed by atoms with Gasteiger partial charge in [-0.15, -0.1) is 11.3 Å². The maximum absolute atomic E-state index is 11.7. The van der Waals surface area contributed by atoms with Gasteiger partial charge < -0.3 is 14.8 Å². The van der Waals surface area contributed by atoms with Crippen molar-refractivity contribution < 1.29 is 19.1 Å². The van der Waals surface area contributed by atoms with E-state index in [1.807, 2.05) is 17.5 Å². The lowest BCUT2D eigenvalue weighted by Gasteiger charge is -2.07. The summed E-state index contributed by atoms with van der Waals surface area (Å²) in [7, 11) is 1.57. The molecule has 0 unspecified atom stereocenters. The predicted molar refractivity (Wildman–Crippen MR) is 80.6 cm³/mol. The topological polar surface area (TPSA) is 64.6 Å². The number of hydrogen-bond donors (Lipinski definition) is 1. The molecule has 0 fully saturated rings. The highest BCUT2D eigenvalue weighted by Crippen LogP contribution is 2.15.